The lowest BCUT2D eigenvalue weighted by Gasteiger charge is -2.34. The molecule has 90 valence electrons. The normalized spacial score (nSPS) is 13.9. The zero-order valence-corrected chi connectivity index (χ0v) is 13.1. The number of hydrogen-bond acceptors (Lipinski definition) is 2. The van der Waals surface area contributed by atoms with Gasteiger partial charge >= 0.3 is 0 Å². The molecule has 0 aromatic heterocycles. The summed E-state index contributed by atoms with van der Waals surface area (Å²) < 4.78 is 5.92. The first kappa shape index (κ1) is 15.1. The van der Waals surface area contributed by atoms with E-state index < -0.39 is 8.32 Å². The van der Waals surface area contributed by atoms with Crippen LogP contribution in [0.1, 0.15) is 34.6 Å². The van der Waals surface area contributed by atoms with Gasteiger partial charge in [-0.15, -0.1) is 0 Å². The van der Waals surface area contributed by atoms with Crippen molar-refractivity contribution in [3.63, 3.8) is 0 Å². The summed E-state index contributed by atoms with van der Waals surface area (Å²) in [5.74, 6) is 1.05. The first-order valence-corrected chi connectivity index (χ1v) is 9.57. The molecule has 0 aliphatic heterocycles. The molecule has 0 heterocycles. The molecule has 0 bridgehead atoms. The van der Waals surface area contributed by atoms with Crippen LogP contribution in [0.4, 0.5) is 0 Å². The summed E-state index contributed by atoms with van der Waals surface area (Å²) in [6, 6.07) is 0. The minimum atomic E-state index is -1.58. The van der Waals surface area contributed by atoms with Crippen LogP contribution >= 0.6 is 11.8 Å². The van der Waals surface area contributed by atoms with Crippen molar-refractivity contribution in [2.24, 2.45) is 0 Å². The summed E-state index contributed by atoms with van der Waals surface area (Å²) in [5, 5.41) is 0.991. The van der Waals surface area contributed by atoms with Crippen LogP contribution < -0.4 is 0 Å². The van der Waals surface area contributed by atoms with Crippen LogP contribution in [0.3, 0.4) is 0 Å². The minimum absolute atomic E-state index is 0.294. The second kappa shape index (κ2) is 5.99. The number of thioether (sulfide) groups is 1. The molecule has 0 N–H and O–H groups in total. The predicted molar refractivity (Wildman–Crippen MR) is 75.0 cm³/mol. The summed E-state index contributed by atoms with van der Waals surface area (Å²) in [6.45, 7) is 15.8. The van der Waals surface area contributed by atoms with E-state index >= 15 is 0 Å². The molecule has 0 aliphatic rings. The fourth-order valence-electron chi connectivity index (χ4n) is 0.682. The van der Waals surface area contributed by atoms with E-state index in [9.17, 15) is 0 Å². The van der Waals surface area contributed by atoms with Crippen molar-refractivity contribution in [3.8, 4) is 0 Å². The van der Waals surface area contributed by atoms with E-state index in [1.165, 1.54) is 0 Å². The lowest BCUT2D eigenvalue weighted by atomic mass is 10.2. The second-order valence-corrected chi connectivity index (χ2v) is 12.0. The molecule has 0 unspecified atom stereocenters. The van der Waals surface area contributed by atoms with Crippen molar-refractivity contribution in [1.82, 2.24) is 0 Å². The van der Waals surface area contributed by atoms with Crippen molar-refractivity contribution in [1.29, 1.82) is 0 Å². The first-order valence-electron chi connectivity index (χ1n) is 5.61. The van der Waals surface area contributed by atoms with Gasteiger partial charge in [-0.3, -0.25) is 0 Å². The van der Waals surface area contributed by atoms with Crippen molar-refractivity contribution in [2.75, 3.05) is 5.75 Å². The van der Waals surface area contributed by atoms with Gasteiger partial charge in [0.15, 0.2) is 0 Å². The van der Waals surface area contributed by atoms with Crippen LogP contribution in [0.15, 0.2) is 12.3 Å². The van der Waals surface area contributed by atoms with E-state index in [2.05, 4.69) is 53.8 Å². The average molecular weight is 246 g/mol. The van der Waals surface area contributed by atoms with E-state index in [1.54, 1.807) is 0 Å². The van der Waals surface area contributed by atoms with E-state index in [-0.39, 0.29) is 0 Å². The second-order valence-electron chi connectivity index (χ2n) is 5.63. The molecule has 0 saturated carbocycles. The Morgan fingerprint density at radius 3 is 2.20 bits per heavy atom. The molecule has 0 spiro atoms. The van der Waals surface area contributed by atoms with Gasteiger partial charge in [-0.2, -0.15) is 11.8 Å². The van der Waals surface area contributed by atoms with Gasteiger partial charge in [0, 0.05) is 5.75 Å². The van der Waals surface area contributed by atoms with E-state index in [0.717, 1.165) is 5.75 Å². The van der Waals surface area contributed by atoms with Gasteiger partial charge in [0.2, 0.25) is 8.32 Å². The van der Waals surface area contributed by atoms with Crippen LogP contribution in [0.2, 0.25) is 18.1 Å². The fourth-order valence-corrected chi connectivity index (χ4v) is 2.05. The summed E-state index contributed by atoms with van der Waals surface area (Å²) in [7, 11) is -1.58. The molecule has 0 saturated heterocycles. The van der Waals surface area contributed by atoms with Gasteiger partial charge < -0.3 is 4.43 Å². The van der Waals surface area contributed by atoms with Gasteiger partial charge in [0.05, 0.1) is 6.26 Å². The van der Waals surface area contributed by atoms with Gasteiger partial charge in [-0.05, 0) is 29.5 Å². The smallest absolute Gasteiger partial charge is 0.249 e. The molecule has 1 nitrogen and oxygen atoms in total. The molecular weight excluding hydrogens is 220 g/mol. The molecule has 15 heavy (non-hydrogen) atoms. The third-order valence-corrected chi connectivity index (χ3v) is 8.18. The standard InChI is InChI=1S/C12H26OSSi/c1-11(2)14-10-8-9-13-15(6,7)12(3,4)5/h8-9,11H,10H2,1-7H3. The molecular formula is C12H26OSSi. The van der Waals surface area contributed by atoms with E-state index in [1.807, 2.05) is 18.0 Å². The van der Waals surface area contributed by atoms with Crippen LogP contribution in [-0.2, 0) is 4.43 Å². The largest absolute Gasteiger partial charge is 0.549 e. The third kappa shape index (κ3) is 6.31. The Morgan fingerprint density at radius 2 is 1.80 bits per heavy atom. The lowest BCUT2D eigenvalue weighted by Crippen LogP contribution is -2.39. The molecule has 0 aromatic carbocycles. The quantitative estimate of drug-likeness (QED) is 0.515. The third-order valence-electron chi connectivity index (χ3n) is 2.79. The van der Waals surface area contributed by atoms with Gasteiger partial charge in [-0.25, -0.2) is 0 Å². The zero-order valence-electron chi connectivity index (χ0n) is 11.3. The Bertz CT molecular complexity index is 204. The monoisotopic (exact) mass is 246 g/mol. The van der Waals surface area contributed by atoms with E-state index in [0.29, 0.717) is 10.3 Å². The Balaban J connectivity index is 3.94. The fraction of sp³-hybridized carbons (Fsp3) is 0.833. The van der Waals surface area contributed by atoms with Gasteiger partial charge in [0.25, 0.3) is 0 Å². The maximum Gasteiger partial charge on any atom is 0.249 e. The predicted octanol–water partition coefficient (Wildman–Crippen LogP) is 4.66. The summed E-state index contributed by atoms with van der Waals surface area (Å²) in [6.07, 6.45) is 4.04. The number of hydrogen-bond donors (Lipinski definition) is 0. The SMILES string of the molecule is CC(C)SCC=CO[Si](C)(C)C(C)(C)C. The zero-order chi connectivity index (χ0) is 12.1. The van der Waals surface area contributed by atoms with Gasteiger partial charge in [0.1, 0.15) is 0 Å². The van der Waals surface area contributed by atoms with Crippen molar-refractivity contribution < 1.29 is 4.43 Å². The average Bonchev–Trinajstić information content (AvgIpc) is 2.00. The topological polar surface area (TPSA) is 9.23 Å². The Kier molecular flexibility index (Phi) is 6.04. The highest BCUT2D eigenvalue weighted by Gasteiger charge is 2.37. The number of rotatable bonds is 5. The van der Waals surface area contributed by atoms with Gasteiger partial charge in [-0.1, -0.05) is 34.6 Å². The molecule has 0 radical (unpaired) electrons. The maximum atomic E-state index is 5.92. The van der Waals surface area contributed by atoms with Crippen molar-refractivity contribution in [2.45, 2.75) is 58.0 Å². The minimum Gasteiger partial charge on any atom is -0.549 e. The maximum absolute atomic E-state index is 5.92. The molecule has 0 aromatic rings. The summed E-state index contributed by atoms with van der Waals surface area (Å²) >= 11 is 1.94. The van der Waals surface area contributed by atoms with Crippen molar-refractivity contribution >= 4 is 20.1 Å². The van der Waals surface area contributed by atoms with Crippen LogP contribution in [0.5, 0.6) is 0 Å². The molecule has 0 atom stereocenters. The summed E-state index contributed by atoms with van der Waals surface area (Å²) in [5.41, 5.74) is 0. The molecule has 3 heteroatoms. The Morgan fingerprint density at radius 1 is 1.27 bits per heavy atom. The lowest BCUT2D eigenvalue weighted by molar-refractivity contribution is 0.429. The van der Waals surface area contributed by atoms with Crippen LogP contribution in [0, 0.1) is 0 Å². The van der Waals surface area contributed by atoms with Crippen LogP contribution in [-0.4, -0.2) is 19.3 Å². The molecule has 0 amide bonds. The van der Waals surface area contributed by atoms with E-state index in [4.69, 9.17) is 4.43 Å². The molecule has 0 rings (SSSR count). The highest BCUT2D eigenvalue weighted by Crippen LogP contribution is 2.36. The van der Waals surface area contributed by atoms with Crippen molar-refractivity contribution in [3.05, 3.63) is 12.3 Å². The summed E-state index contributed by atoms with van der Waals surface area (Å²) in [4.78, 5) is 0. The Hall–Kier alpha value is 0.107. The molecule has 0 aliphatic carbocycles. The first-order chi connectivity index (χ1) is 6.67. The van der Waals surface area contributed by atoms with Crippen LogP contribution in [0.25, 0.3) is 0 Å². The Labute approximate surface area is 101 Å². The highest BCUT2D eigenvalue weighted by atomic mass is 32.2. The molecule has 0 fully saturated rings. The highest BCUT2D eigenvalue weighted by molar-refractivity contribution is 7.99.